The highest BCUT2D eigenvalue weighted by molar-refractivity contribution is 5.87. The third-order valence-corrected chi connectivity index (χ3v) is 3.00. The lowest BCUT2D eigenvalue weighted by Gasteiger charge is -2.12. The number of rotatable bonds is 2. The quantitative estimate of drug-likeness (QED) is 0.360. The zero-order valence-corrected chi connectivity index (χ0v) is 11.2. The highest BCUT2D eigenvalue weighted by Crippen LogP contribution is 2.34. The van der Waals surface area contributed by atoms with E-state index in [1.165, 1.54) is 42.5 Å². The summed E-state index contributed by atoms with van der Waals surface area (Å²) in [6.45, 7) is 0. The molecule has 0 aromatic heterocycles. The minimum atomic E-state index is -2.31. The van der Waals surface area contributed by atoms with Crippen LogP contribution in [0.4, 0.5) is 22.0 Å². The Labute approximate surface area is 127 Å². The molecule has 0 amide bonds. The van der Waals surface area contributed by atoms with Crippen molar-refractivity contribution in [2.24, 2.45) is 0 Å². The molecule has 2 nitrogen and oxygen atoms in total. The van der Waals surface area contributed by atoms with Crippen LogP contribution in [0.5, 0.6) is 0 Å². The van der Waals surface area contributed by atoms with Crippen molar-refractivity contribution in [3.63, 3.8) is 0 Å². The summed E-state index contributed by atoms with van der Waals surface area (Å²) >= 11 is 0. The summed E-state index contributed by atoms with van der Waals surface area (Å²) in [7, 11) is 0. The molecule has 0 aliphatic carbocycles. The van der Waals surface area contributed by atoms with Crippen LogP contribution in [-0.4, -0.2) is 0 Å². The summed E-state index contributed by atoms with van der Waals surface area (Å²) in [5.74, 6) is -10.8. The van der Waals surface area contributed by atoms with Crippen LogP contribution in [0.2, 0.25) is 0 Å². The van der Waals surface area contributed by atoms with Crippen LogP contribution in [-0.2, 0) is 0 Å². The maximum Gasteiger partial charge on any atom is 0.200 e. The summed E-state index contributed by atoms with van der Waals surface area (Å²) in [4.78, 5) is 0. The number of hydrogen-bond donors (Lipinski definition) is 0. The molecule has 0 spiro atoms. The van der Waals surface area contributed by atoms with Gasteiger partial charge in [-0.05, 0) is 5.56 Å². The molecule has 2 rings (SSSR count). The first-order chi connectivity index (χ1) is 10.9. The molecular formula is C16H5F5N2. The van der Waals surface area contributed by atoms with Gasteiger partial charge in [0.15, 0.2) is 23.3 Å². The molecule has 2 aromatic carbocycles. The van der Waals surface area contributed by atoms with Crippen molar-refractivity contribution in [1.29, 1.82) is 10.5 Å². The number of benzene rings is 2. The van der Waals surface area contributed by atoms with E-state index in [0.29, 0.717) is 0 Å². The SMILES string of the molecule is N#CC(C#N)=C(c1ccccc1)c1c(F)c(F)c(F)c(F)c1F. The molecule has 0 radical (unpaired) electrons. The third kappa shape index (κ3) is 2.65. The normalized spacial score (nSPS) is 9.87. The first-order valence-corrected chi connectivity index (χ1v) is 6.05. The van der Waals surface area contributed by atoms with E-state index in [2.05, 4.69) is 0 Å². The Morgan fingerprint density at radius 2 is 1.13 bits per heavy atom. The summed E-state index contributed by atoms with van der Waals surface area (Å²) in [5.41, 5.74) is -2.79. The van der Waals surface area contributed by atoms with E-state index in [4.69, 9.17) is 10.5 Å². The lowest BCUT2D eigenvalue weighted by Crippen LogP contribution is -2.08. The van der Waals surface area contributed by atoms with Crippen molar-refractivity contribution >= 4 is 5.57 Å². The number of hydrogen-bond acceptors (Lipinski definition) is 2. The minimum Gasteiger partial charge on any atom is -0.203 e. The van der Waals surface area contributed by atoms with Gasteiger partial charge in [-0.2, -0.15) is 10.5 Å². The number of nitrogens with zero attached hydrogens (tertiary/aromatic N) is 2. The molecule has 0 saturated carbocycles. The Morgan fingerprint density at radius 1 is 0.696 bits per heavy atom. The lowest BCUT2D eigenvalue weighted by molar-refractivity contribution is 0.376. The topological polar surface area (TPSA) is 47.6 Å². The highest BCUT2D eigenvalue weighted by atomic mass is 19.2. The number of nitriles is 2. The maximum absolute atomic E-state index is 14.0. The van der Waals surface area contributed by atoms with E-state index in [9.17, 15) is 22.0 Å². The van der Waals surface area contributed by atoms with E-state index in [1.54, 1.807) is 0 Å². The molecule has 0 fully saturated rings. The van der Waals surface area contributed by atoms with Crippen LogP contribution in [0.1, 0.15) is 11.1 Å². The van der Waals surface area contributed by atoms with E-state index in [0.717, 1.165) is 0 Å². The van der Waals surface area contributed by atoms with Crippen LogP contribution in [0.3, 0.4) is 0 Å². The smallest absolute Gasteiger partial charge is 0.200 e. The molecular weight excluding hydrogens is 315 g/mol. The van der Waals surface area contributed by atoms with Gasteiger partial charge in [0.25, 0.3) is 0 Å². The number of allylic oxidation sites excluding steroid dienone is 1. The average molecular weight is 320 g/mol. The second kappa shape index (κ2) is 6.29. The lowest BCUT2D eigenvalue weighted by atomic mass is 9.92. The minimum absolute atomic E-state index is 0.0335. The van der Waals surface area contributed by atoms with Crippen LogP contribution in [0.15, 0.2) is 35.9 Å². The van der Waals surface area contributed by atoms with E-state index < -0.39 is 45.8 Å². The molecule has 0 bridgehead atoms. The molecule has 0 unspecified atom stereocenters. The molecule has 2 aromatic rings. The first kappa shape index (κ1) is 16.2. The fraction of sp³-hybridized carbons (Fsp3) is 0. The molecule has 0 aliphatic heterocycles. The van der Waals surface area contributed by atoms with Crippen molar-refractivity contribution in [2.75, 3.05) is 0 Å². The van der Waals surface area contributed by atoms with E-state index in [-0.39, 0.29) is 5.56 Å². The van der Waals surface area contributed by atoms with Gasteiger partial charge in [0, 0.05) is 5.57 Å². The Hall–Kier alpha value is -3.19. The molecule has 23 heavy (non-hydrogen) atoms. The Morgan fingerprint density at radius 3 is 1.57 bits per heavy atom. The van der Waals surface area contributed by atoms with Crippen LogP contribution in [0, 0.1) is 51.7 Å². The molecule has 0 aliphatic rings. The van der Waals surface area contributed by atoms with Crippen LogP contribution >= 0.6 is 0 Å². The second-order valence-corrected chi connectivity index (χ2v) is 4.28. The molecule has 0 heterocycles. The van der Waals surface area contributed by atoms with Crippen LogP contribution < -0.4 is 0 Å². The van der Waals surface area contributed by atoms with Gasteiger partial charge in [0.05, 0.1) is 5.56 Å². The van der Waals surface area contributed by atoms with Crippen molar-refractivity contribution in [1.82, 2.24) is 0 Å². The third-order valence-electron chi connectivity index (χ3n) is 3.00. The predicted octanol–water partition coefficient (Wildman–Crippen LogP) is 4.23. The summed E-state index contributed by atoms with van der Waals surface area (Å²) in [6.07, 6.45) is 0. The zero-order chi connectivity index (χ0) is 17.1. The summed E-state index contributed by atoms with van der Waals surface area (Å²) in [6, 6.07) is 9.75. The fourth-order valence-electron chi connectivity index (χ4n) is 1.98. The first-order valence-electron chi connectivity index (χ1n) is 6.05. The standard InChI is InChI=1S/C16H5F5N2/c17-12-11(13(18)15(20)16(21)14(12)19)10(9(6-22)7-23)8-4-2-1-3-5-8/h1-5H. The van der Waals surface area contributed by atoms with Gasteiger partial charge in [-0.3, -0.25) is 0 Å². The molecule has 114 valence electrons. The van der Waals surface area contributed by atoms with Gasteiger partial charge < -0.3 is 0 Å². The van der Waals surface area contributed by atoms with Crippen molar-refractivity contribution < 1.29 is 22.0 Å². The van der Waals surface area contributed by atoms with Gasteiger partial charge in [0.1, 0.15) is 17.7 Å². The second-order valence-electron chi connectivity index (χ2n) is 4.28. The van der Waals surface area contributed by atoms with Gasteiger partial charge in [-0.15, -0.1) is 0 Å². The largest absolute Gasteiger partial charge is 0.203 e. The van der Waals surface area contributed by atoms with Gasteiger partial charge in [-0.1, -0.05) is 30.3 Å². The Balaban J connectivity index is 2.98. The molecule has 0 N–H and O–H groups in total. The van der Waals surface area contributed by atoms with Crippen molar-refractivity contribution in [2.45, 2.75) is 0 Å². The number of halogens is 5. The molecule has 0 atom stereocenters. The zero-order valence-electron chi connectivity index (χ0n) is 11.2. The molecule has 0 saturated heterocycles. The fourth-order valence-corrected chi connectivity index (χ4v) is 1.98. The monoisotopic (exact) mass is 320 g/mol. The summed E-state index contributed by atoms with van der Waals surface area (Å²) < 4.78 is 68.0. The van der Waals surface area contributed by atoms with E-state index in [1.807, 2.05) is 0 Å². The van der Waals surface area contributed by atoms with E-state index >= 15 is 0 Å². The van der Waals surface area contributed by atoms with Gasteiger partial charge >= 0.3 is 0 Å². The summed E-state index contributed by atoms with van der Waals surface area (Å²) in [5, 5.41) is 17.9. The Bertz CT molecular complexity index is 844. The average Bonchev–Trinajstić information content (AvgIpc) is 2.58. The van der Waals surface area contributed by atoms with Crippen molar-refractivity contribution in [3.05, 3.63) is 76.1 Å². The highest BCUT2D eigenvalue weighted by Gasteiger charge is 2.29. The van der Waals surface area contributed by atoms with Crippen LogP contribution in [0.25, 0.3) is 5.57 Å². The maximum atomic E-state index is 14.0. The van der Waals surface area contributed by atoms with Gasteiger partial charge in [-0.25, -0.2) is 22.0 Å². The van der Waals surface area contributed by atoms with Gasteiger partial charge in [0.2, 0.25) is 5.82 Å². The van der Waals surface area contributed by atoms with Crippen molar-refractivity contribution in [3.8, 4) is 12.1 Å². The Kier molecular flexibility index (Phi) is 4.42. The molecule has 7 heteroatoms. The predicted molar refractivity (Wildman–Crippen MR) is 69.9 cm³/mol.